The fourth-order valence-electron chi connectivity index (χ4n) is 4.70. The van der Waals surface area contributed by atoms with E-state index in [-0.39, 0.29) is 11.1 Å². The number of nitrogens with two attached hydrogens (primary N) is 2. The van der Waals surface area contributed by atoms with Crippen molar-refractivity contribution in [3.8, 4) is 16.8 Å². The van der Waals surface area contributed by atoms with Crippen molar-refractivity contribution in [2.75, 3.05) is 12.3 Å². The smallest absolute Gasteiger partial charge is 0.151 e. The Hall–Kier alpha value is -3.82. The van der Waals surface area contributed by atoms with Crippen LogP contribution in [0.2, 0.25) is 5.02 Å². The molecule has 1 atom stereocenters. The molecule has 6 rings (SSSR count). The van der Waals surface area contributed by atoms with E-state index in [2.05, 4.69) is 37.8 Å². The summed E-state index contributed by atoms with van der Waals surface area (Å²) in [5.41, 5.74) is 11.7. The lowest BCUT2D eigenvalue weighted by molar-refractivity contribution is -0.601. The summed E-state index contributed by atoms with van der Waals surface area (Å²) >= 11 is 6.14. The van der Waals surface area contributed by atoms with Gasteiger partial charge in [-0.05, 0) is 64.7 Å². The molecule has 4 N–H and O–H groups in total. The van der Waals surface area contributed by atoms with Gasteiger partial charge in [-0.1, -0.05) is 36.6 Å². The van der Waals surface area contributed by atoms with Crippen LogP contribution >= 0.6 is 11.6 Å². The topological polar surface area (TPSA) is 104 Å². The van der Waals surface area contributed by atoms with Gasteiger partial charge >= 0.3 is 0 Å². The molecular formula is C26H25ClFN8+. The first-order valence-corrected chi connectivity index (χ1v) is 12.3. The van der Waals surface area contributed by atoms with Crippen LogP contribution in [0.25, 0.3) is 22.4 Å². The van der Waals surface area contributed by atoms with Crippen LogP contribution in [0.5, 0.6) is 0 Å². The zero-order valence-electron chi connectivity index (χ0n) is 19.4. The molecule has 2 aliphatic rings. The van der Waals surface area contributed by atoms with Gasteiger partial charge in [0.1, 0.15) is 24.6 Å². The average molecular weight is 504 g/mol. The van der Waals surface area contributed by atoms with Gasteiger partial charge in [-0.25, -0.2) is 4.39 Å². The van der Waals surface area contributed by atoms with E-state index in [1.54, 1.807) is 6.07 Å². The molecule has 0 bridgehead atoms. The minimum atomic E-state index is -0.476. The van der Waals surface area contributed by atoms with Crippen LogP contribution in [0, 0.1) is 11.7 Å². The van der Waals surface area contributed by atoms with Crippen LogP contribution in [0.1, 0.15) is 30.9 Å². The summed E-state index contributed by atoms with van der Waals surface area (Å²) in [5.74, 6) is 0.228. The van der Waals surface area contributed by atoms with Crippen molar-refractivity contribution in [3.05, 3.63) is 89.4 Å². The highest BCUT2D eigenvalue weighted by Crippen LogP contribution is 2.39. The molecule has 1 fully saturated rings. The molecule has 36 heavy (non-hydrogen) atoms. The monoisotopic (exact) mass is 503 g/mol. The van der Waals surface area contributed by atoms with Crippen LogP contribution in [0.3, 0.4) is 0 Å². The highest BCUT2D eigenvalue weighted by Gasteiger charge is 2.32. The minimum absolute atomic E-state index is 0.0656. The van der Waals surface area contributed by atoms with E-state index in [1.807, 2.05) is 36.5 Å². The molecule has 1 saturated carbocycles. The third-order valence-electron chi connectivity index (χ3n) is 6.83. The Morgan fingerprint density at radius 1 is 1.11 bits per heavy atom. The maximum absolute atomic E-state index is 15.2. The lowest BCUT2D eigenvalue weighted by Crippen LogP contribution is -2.84. The number of benzene rings is 2. The average Bonchev–Trinajstić information content (AvgIpc) is 3.33. The third kappa shape index (κ3) is 4.43. The lowest BCUT2D eigenvalue weighted by atomic mass is 9.97. The van der Waals surface area contributed by atoms with E-state index < -0.39 is 5.82 Å². The van der Waals surface area contributed by atoms with Crippen molar-refractivity contribution in [3.63, 3.8) is 0 Å². The van der Waals surface area contributed by atoms with Gasteiger partial charge in [-0.2, -0.15) is 9.78 Å². The lowest BCUT2D eigenvalue weighted by Gasteiger charge is -2.22. The van der Waals surface area contributed by atoms with E-state index in [9.17, 15) is 0 Å². The molecule has 1 aliphatic heterocycles. The summed E-state index contributed by atoms with van der Waals surface area (Å²) in [4.78, 5) is 0. The van der Waals surface area contributed by atoms with E-state index in [0.717, 1.165) is 28.8 Å². The summed E-state index contributed by atoms with van der Waals surface area (Å²) in [6, 6.07) is 11.2. The van der Waals surface area contributed by atoms with Crippen molar-refractivity contribution in [1.29, 1.82) is 0 Å². The molecule has 2 aromatic heterocycles. The Balaban J connectivity index is 1.33. The number of nitrogen functional groups attached to an aromatic ring is 1. The molecule has 0 spiro atoms. The van der Waals surface area contributed by atoms with E-state index in [0.29, 0.717) is 23.7 Å². The Morgan fingerprint density at radius 3 is 2.64 bits per heavy atom. The fourth-order valence-corrected chi connectivity index (χ4v) is 4.86. The number of aromatic nitrogens is 6. The Morgan fingerprint density at radius 2 is 1.94 bits per heavy atom. The van der Waals surface area contributed by atoms with E-state index >= 15 is 4.39 Å². The van der Waals surface area contributed by atoms with Crippen molar-refractivity contribution in [2.45, 2.75) is 25.3 Å². The van der Waals surface area contributed by atoms with Gasteiger partial charge in [-0.3, -0.25) is 4.68 Å². The SMILES string of the molecule is Nc1ccc(-c2cnn(C(CC3CC3)C3=CC=C(c4c(-n5cnnn5)ccc(Cl)c4F)C[NH2+]3)c2)cc1. The number of rotatable bonds is 7. The molecule has 0 amide bonds. The zero-order chi connectivity index (χ0) is 24.6. The van der Waals surface area contributed by atoms with Gasteiger partial charge in [0, 0.05) is 28.6 Å². The highest BCUT2D eigenvalue weighted by atomic mass is 35.5. The first-order valence-electron chi connectivity index (χ1n) is 11.9. The molecule has 4 aromatic rings. The van der Waals surface area contributed by atoms with Crippen LogP contribution in [-0.4, -0.2) is 36.5 Å². The Kier molecular flexibility index (Phi) is 5.86. The predicted molar refractivity (Wildman–Crippen MR) is 135 cm³/mol. The van der Waals surface area contributed by atoms with Crippen molar-refractivity contribution in [1.82, 2.24) is 30.0 Å². The number of anilines is 1. The number of tetrazole rings is 1. The van der Waals surface area contributed by atoms with Gasteiger partial charge in [0.05, 0.1) is 16.9 Å². The van der Waals surface area contributed by atoms with Gasteiger partial charge < -0.3 is 11.1 Å². The Labute approximate surface area is 212 Å². The molecule has 1 aliphatic carbocycles. The quantitative estimate of drug-likeness (QED) is 0.373. The molecule has 3 heterocycles. The highest BCUT2D eigenvalue weighted by molar-refractivity contribution is 6.31. The zero-order valence-corrected chi connectivity index (χ0v) is 20.2. The second kappa shape index (κ2) is 9.33. The summed E-state index contributed by atoms with van der Waals surface area (Å²) in [7, 11) is 0. The molecule has 10 heteroatoms. The first-order chi connectivity index (χ1) is 17.6. The van der Waals surface area contributed by atoms with Crippen LogP contribution < -0.4 is 11.1 Å². The predicted octanol–water partition coefficient (Wildman–Crippen LogP) is 3.79. The molecule has 1 unspecified atom stereocenters. The summed E-state index contributed by atoms with van der Waals surface area (Å²) in [5, 5.41) is 18.3. The largest absolute Gasteiger partial charge is 0.399 e. The summed E-state index contributed by atoms with van der Waals surface area (Å²) in [6.07, 6.45) is 13.0. The molecule has 0 radical (unpaired) electrons. The maximum atomic E-state index is 15.2. The van der Waals surface area contributed by atoms with Gasteiger partial charge in [0.2, 0.25) is 0 Å². The molecular weight excluding hydrogens is 479 g/mol. The van der Waals surface area contributed by atoms with Crippen LogP contribution in [0.4, 0.5) is 10.1 Å². The standard InChI is InChI=1S/C26H24ClFN8/c27-21-8-10-23(36-15-31-33-34-36)25(26(21)28)18-5-9-22(30-12-18)24(11-16-1-2-16)35-14-19(13-32-35)17-3-6-20(29)7-4-17/h3-10,13-16,24,30H,1-2,11-12,29H2/p+1. The number of hydrogen-bond acceptors (Lipinski definition) is 5. The molecule has 8 nitrogen and oxygen atoms in total. The van der Waals surface area contributed by atoms with E-state index in [1.165, 1.54) is 35.6 Å². The first kappa shape index (κ1) is 22.6. The molecule has 0 saturated heterocycles. The van der Waals surface area contributed by atoms with Crippen LogP contribution in [-0.2, 0) is 0 Å². The Bertz CT molecular complexity index is 1450. The van der Waals surface area contributed by atoms with Gasteiger partial charge in [-0.15, -0.1) is 5.10 Å². The fraction of sp³-hybridized carbons (Fsp3) is 0.231. The maximum Gasteiger partial charge on any atom is 0.151 e. The number of allylic oxidation sites excluding steroid dienone is 3. The summed E-state index contributed by atoms with van der Waals surface area (Å²) < 4.78 is 18.7. The van der Waals surface area contributed by atoms with Crippen molar-refractivity contribution in [2.24, 2.45) is 5.92 Å². The minimum Gasteiger partial charge on any atom is -0.399 e. The number of hydrogen-bond donors (Lipinski definition) is 2. The molecule has 2 aromatic carbocycles. The number of halogens is 2. The third-order valence-corrected chi connectivity index (χ3v) is 7.12. The van der Waals surface area contributed by atoms with Crippen molar-refractivity contribution >= 4 is 22.9 Å². The number of nitrogens with zero attached hydrogens (tertiary/aromatic N) is 6. The van der Waals surface area contributed by atoms with Crippen molar-refractivity contribution < 1.29 is 9.71 Å². The second-order valence-electron chi connectivity index (χ2n) is 9.30. The van der Waals surface area contributed by atoms with Gasteiger partial charge in [0.25, 0.3) is 0 Å². The number of quaternary nitrogens is 1. The normalized spacial score (nSPS) is 16.5. The van der Waals surface area contributed by atoms with Gasteiger partial charge in [0.15, 0.2) is 5.82 Å². The molecule has 182 valence electrons. The van der Waals surface area contributed by atoms with Crippen LogP contribution in [0.15, 0.2) is 73.0 Å². The summed E-state index contributed by atoms with van der Waals surface area (Å²) in [6.45, 7) is 0.561. The van der Waals surface area contributed by atoms with E-state index in [4.69, 9.17) is 22.4 Å². The second-order valence-corrected chi connectivity index (χ2v) is 9.71.